The molecule has 1 aromatic heterocycles. The third-order valence-corrected chi connectivity index (χ3v) is 5.78. The maximum absolute atomic E-state index is 12.2. The Morgan fingerprint density at radius 3 is 2.94 bits per heavy atom. The van der Waals surface area contributed by atoms with Crippen molar-refractivity contribution in [2.24, 2.45) is 5.73 Å². The highest BCUT2D eigenvalue weighted by molar-refractivity contribution is 7.89. The van der Waals surface area contributed by atoms with Gasteiger partial charge in [0.1, 0.15) is 0 Å². The Labute approximate surface area is 111 Å². The predicted octanol–water partition coefficient (Wildman–Crippen LogP) is 1.05. The van der Waals surface area contributed by atoms with Crippen molar-refractivity contribution in [1.29, 1.82) is 0 Å². The van der Waals surface area contributed by atoms with E-state index in [2.05, 4.69) is 4.72 Å². The van der Waals surface area contributed by atoms with Crippen LogP contribution >= 0.6 is 11.3 Å². The number of hydrogen-bond acceptors (Lipinski definition) is 5. The summed E-state index contributed by atoms with van der Waals surface area (Å²) in [5, 5.41) is 1.63. The van der Waals surface area contributed by atoms with Crippen molar-refractivity contribution in [3.05, 3.63) is 16.3 Å². The summed E-state index contributed by atoms with van der Waals surface area (Å²) < 4.78 is 32.4. The molecular formula is C11H18N2O3S2. The number of methoxy groups -OCH3 is 1. The van der Waals surface area contributed by atoms with Gasteiger partial charge in [0.15, 0.2) is 0 Å². The zero-order valence-electron chi connectivity index (χ0n) is 10.3. The molecule has 1 aliphatic rings. The number of nitrogens with one attached hydrogen (secondary N) is 1. The van der Waals surface area contributed by atoms with Gasteiger partial charge in [0.25, 0.3) is 0 Å². The molecule has 0 bridgehead atoms. The van der Waals surface area contributed by atoms with Gasteiger partial charge in [0, 0.05) is 30.0 Å². The fourth-order valence-corrected chi connectivity index (χ4v) is 4.67. The lowest BCUT2D eigenvalue weighted by atomic mass is 10.2. The quantitative estimate of drug-likeness (QED) is 0.849. The number of sulfonamides is 1. The SMILES string of the molecule is COC1CCCC1NS(=O)(=O)c1csc(CN)c1. The molecule has 1 fully saturated rings. The van der Waals surface area contributed by atoms with Gasteiger partial charge in [-0.1, -0.05) is 0 Å². The lowest BCUT2D eigenvalue weighted by Gasteiger charge is -2.19. The fraction of sp³-hybridized carbons (Fsp3) is 0.636. The van der Waals surface area contributed by atoms with Crippen LogP contribution in [0.2, 0.25) is 0 Å². The van der Waals surface area contributed by atoms with Crippen LogP contribution in [0.5, 0.6) is 0 Å². The van der Waals surface area contributed by atoms with Gasteiger partial charge in [-0.25, -0.2) is 13.1 Å². The van der Waals surface area contributed by atoms with E-state index in [0.717, 1.165) is 24.1 Å². The minimum Gasteiger partial charge on any atom is -0.380 e. The largest absolute Gasteiger partial charge is 0.380 e. The molecule has 0 aromatic carbocycles. The van der Waals surface area contributed by atoms with Crippen molar-refractivity contribution in [1.82, 2.24) is 4.72 Å². The van der Waals surface area contributed by atoms with Crippen LogP contribution in [0.4, 0.5) is 0 Å². The third-order valence-electron chi connectivity index (χ3n) is 3.20. The van der Waals surface area contributed by atoms with Crippen molar-refractivity contribution in [3.8, 4) is 0 Å². The van der Waals surface area contributed by atoms with Crippen molar-refractivity contribution in [3.63, 3.8) is 0 Å². The summed E-state index contributed by atoms with van der Waals surface area (Å²) in [5.41, 5.74) is 5.49. The molecule has 3 N–H and O–H groups in total. The van der Waals surface area contributed by atoms with E-state index in [1.54, 1.807) is 18.6 Å². The highest BCUT2D eigenvalue weighted by Gasteiger charge is 2.31. The first kappa shape index (κ1) is 14.0. The molecule has 7 heteroatoms. The van der Waals surface area contributed by atoms with E-state index < -0.39 is 10.0 Å². The Morgan fingerprint density at radius 1 is 1.56 bits per heavy atom. The first-order valence-corrected chi connectivity index (χ1v) is 8.25. The lowest BCUT2D eigenvalue weighted by molar-refractivity contribution is 0.0916. The Bertz CT molecular complexity index is 498. The van der Waals surface area contributed by atoms with E-state index in [-0.39, 0.29) is 12.1 Å². The average molecular weight is 290 g/mol. The molecule has 0 saturated heterocycles. The number of hydrogen-bond donors (Lipinski definition) is 2. The van der Waals surface area contributed by atoms with Gasteiger partial charge >= 0.3 is 0 Å². The number of rotatable bonds is 5. The topological polar surface area (TPSA) is 81.4 Å². The number of thiophene rings is 1. The minimum absolute atomic E-state index is 0.0209. The summed E-state index contributed by atoms with van der Waals surface area (Å²) in [6.07, 6.45) is 2.70. The van der Waals surface area contributed by atoms with Crippen molar-refractivity contribution < 1.29 is 13.2 Å². The maximum atomic E-state index is 12.2. The van der Waals surface area contributed by atoms with Crippen LogP contribution in [0.25, 0.3) is 0 Å². The minimum atomic E-state index is -3.45. The zero-order chi connectivity index (χ0) is 13.2. The van der Waals surface area contributed by atoms with Crippen LogP contribution in [0.15, 0.2) is 16.3 Å². The summed E-state index contributed by atoms with van der Waals surface area (Å²) in [6, 6.07) is 1.50. The maximum Gasteiger partial charge on any atom is 0.241 e. The second kappa shape index (κ2) is 5.66. The first-order chi connectivity index (χ1) is 8.56. The van der Waals surface area contributed by atoms with Gasteiger partial charge in [-0.3, -0.25) is 0 Å². The van der Waals surface area contributed by atoms with Gasteiger partial charge in [-0.15, -0.1) is 11.3 Å². The van der Waals surface area contributed by atoms with E-state index in [0.29, 0.717) is 11.4 Å². The van der Waals surface area contributed by atoms with Crippen molar-refractivity contribution in [2.45, 2.75) is 42.8 Å². The van der Waals surface area contributed by atoms with E-state index in [9.17, 15) is 8.42 Å². The summed E-state index contributed by atoms with van der Waals surface area (Å²) in [7, 11) is -1.83. The summed E-state index contributed by atoms with van der Waals surface area (Å²) in [6.45, 7) is 0.365. The summed E-state index contributed by atoms with van der Waals surface area (Å²) >= 11 is 1.37. The van der Waals surface area contributed by atoms with Gasteiger partial charge in [0.2, 0.25) is 10.0 Å². The third kappa shape index (κ3) is 2.92. The van der Waals surface area contributed by atoms with Crippen LogP contribution < -0.4 is 10.5 Å². The van der Waals surface area contributed by atoms with Crippen LogP contribution in [-0.2, 0) is 21.3 Å². The van der Waals surface area contributed by atoms with Gasteiger partial charge in [-0.05, 0) is 25.3 Å². The van der Waals surface area contributed by atoms with Crippen LogP contribution in [0.1, 0.15) is 24.1 Å². The summed E-state index contributed by atoms with van der Waals surface area (Å²) in [4.78, 5) is 1.17. The molecule has 1 heterocycles. The molecule has 102 valence electrons. The van der Waals surface area contributed by atoms with E-state index >= 15 is 0 Å². The van der Waals surface area contributed by atoms with E-state index in [1.165, 1.54) is 11.3 Å². The highest BCUT2D eigenvalue weighted by atomic mass is 32.2. The van der Waals surface area contributed by atoms with E-state index in [4.69, 9.17) is 10.5 Å². The first-order valence-electron chi connectivity index (χ1n) is 5.89. The number of nitrogens with two attached hydrogens (primary N) is 1. The van der Waals surface area contributed by atoms with E-state index in [1.807, 2.05) is 0 Å². The van der Waals surface area contributed by atoms with Gasteiger partial charge < -0.3 is 10.5 Å². The highest BCUT2D eigenvalue weighted by Crippen LogP contribution is 2.25. The second-order valence-electron chi connectivity index (χ2n) is 4.39. The zero-order valence-corrected chi connectivity index (χ0v) is 11.9. The predicted molar refractivity (Wildman–Crippen MR) is 71.0 cm³/mol. The van der Waals surface area contributed by atoms with Crippen molar-refractivity contribution >= 4 is 21.4 Å². The normalized spacial score (nSPS) is 24.6. The van der Waals surface area contributed by atoms with Crippen LogP contribution in [-0.4, -0.2) is 27.7 Å². The molecule has 18 heavy (non-hydrogen) atoms. The molecule has 1 saturated carbocycles. The number of ether oxygens (including phenoxy) is 1. The molecule has 0 amide bonds. The van der Waals surface area contributed by atoms with Crippen LogP contribution in [0.3, 0.4) is 0 Å². The summed E-state index contributed by atoms with van der Waals surface area (Å²) in [5.74, 6) is 0. The lowest BCUT2D eigenvalue weighted by Crippen LogP contribution is -2.40. The smallest absolute Gasteiger partial charge is 0.241 e. The standard InChI is InChI=1S/C11H18N2O3S2/c1-16-11-4-2-3-10(11)13-18(14,15)9-5-8(6-12)17-7-9/h5,7,10-11,13H,2-4,6,12H2,1H3. The Morgan fingerprint density at radius 2 is 2.33 bits per heavy atom. The Hall–Kier alpha value is -0.470. The Balaban J connectivity index is 2.11. The van der Waals surface area contributed by atoms with Crippen LogP contribution in [0, 0.1) is 0 Å². The molecule has 1 aromatic rings. The molecule has 2 unspecified atom stereocenters. The average Bonchev–Trinajstić information content (AvgIpc) is 2.96. The van der Waals surface area contributed by atoms with Crippen molar-refractivity contribution in [2.75, 3.05) is 7.11 Å². The van der Waals surface area contributed by atoms with Gasteiger partial charge in [0.05, 0.1) is 11.0 Å². The second-order valence-corrected chi connectivity index (χ2v) is 7.10. The monoisotopic (exact) mass is 290 g/mol. The molecule has 1 aliphatic carbocycles. The molecule has 0 aliphatic heterocycles. The molecule has 2 rings (SSSR count). The molecule has 2 atom stereocenters. The molecule has 5 nitrogen and oxygen atoms in total. The molecular weight excluding hydrogens is 272 g/mol. The van der Waals surface area contributed by atoms with Gasteiger partial charge in [-0.2, -0.15) is 0 Å². The fourth-order valence-electron chi connectivity index (χ4n) is 2.22. The Kier molecular flexibility index (Phi) is 4.39. The molecule has 0 spiro atoms. The molecule has 0 radical (unpaired) electrons.